The Kier molecular flexibility index (Phi) is 10.3. The molecule has 0 radical (unpaired) electrons. The van der Waals surface area contributed by atoms with Crippen molar-refractivity contribution in [3.05, 3.63) is 35.9 Å². The van der Waals surface area contributed by atoms with E-state index in [4.69, 9.17) is 14.6 Å². The predicted octanol–water partition coefficient (Wildman–Crippen LogP) is 3.14. The molecule has 116 valence electrons. The summed E-state index contributed by atoms with van der Waals surface area (Å²) in [6.45, 7) is 4.33. The van der Waals surface area contributed by atoms with Gasteiger partial charge in [0, 0.05) is 12.5 Å². The standard InChI is InChI=1S/C10H10O3.C6H12O2/c1-13-9-5-2-8(3-6-9)4-7-10(11)12;1-3-5-8-6(7)4-2/h2-7H,1H3,(H,11,12);3-5H2,1-2H3. The fourth-order valence-electron chi connectivity index (χ4n) is 1.20. The monoisotopic (exact) mass is 294 g/mol. The summed E-state index contributed by atoms with van der Waals surface area (Å²) in [5.41, 5.74) is 0.836. The number of ether oxygens (including phenoxy) is 2. The zero-order valence-electron chi connectivity index (χ0n) is 12.7. The third-order valence-electron chi connectivity index (χ3n) is 2.29. The summed E-state index contributed by atoms with van der Waals surface area (Å²) in [6, 6.07) is 7.14. The molecule has 5 heteroatoms. The molecular weight excluding hydrogens is 272 g/mol. The van der Waals surface area contributed by atoms with E-state index in [-0.39, 0.29) is 5.97 Å². The molecule has 1 aromatic rings. The zero-order valence-corrected chi connectivity index (χ0v) is 12.7. The molecule has 0 aliphatic heterocycles. The molecule has 0 spiro atoms. The Morgan fingerprint density at radius 1 is 1.19 bits per heavy atom. The SMILES string of the molecule is CCCOC(=O)CC.COc1ccc(C=CC(=O)O)cc1. The fraction of sp³-hybridized carbons (Fsp3) is 0.375. The Hall–Kier alpha value is -2.30. The van der Waals surface area contributed by atoms with Gasteiger partial charge < -0.3 is 14.6 Å². The molecule has 0 bridgehead atoms. The lowest BCUT2D eigenvalue weighted by Crippen LogP contribution is -2.02. The molecule has 0 saturated heterocycles. The number of hydrogen-bond donors (Lipinski definition) is 1. The Bertz CT molecular complexity index is 448. The van der Waals surface area contributed by atoms with Crippen molar-refractivity contribution in [1.29, 1.82) is 0 Å². The normalized spacial score (nSPS) is 9.67. The van der Waals surface area contributed by atoms with Crippen LogP contribution in [-0.2, 0) is 14.3 Å². The van der Waals surface area contributed by atoms with Gasteiger partial charge in [-0.25, -0.2) is 4.79 Å². The van der Waals surface area contributed by atoms with Crippen LogP contribution >= 0.6 is 0 Å². The van der Waals surface area contributed by atoms with Gasteiger partial charge in [-0.15, -0.1) is 0 Å². The van der Waals surface area contributed by atoms with Crippen LogP contribution < -0.4 is 4.74 Å². The molecule has 0 unspecified atom stereocenters. The van der Waals surface area contributed by atoms with E-state index in [9.17, 15) is 9.59 Å². The first-order valence-electron chi connectivity index (χ1n) is 6.74. The average molecular weight is 294 g/mol. The van der Waals surface area contributed by atoms with Crippen LogP contribution in [-0.4, -0.2) is 30.8 Å². The Morgan fingerprint density at radius 2 is 1.81 bits per heavy atom. The topological polar surface area (TPSA) is 72.8 Å². The van der Waals surface area contributed by atoms with E-state index in [0.29, 0.717) is 13.0 Å². The van der Waals surface area contributed by atoms with Crippen LogP contribution in [0.2, 0.25) is 0 Å². The lowest BCUT2D eigenvalue weighted by Gasteiger charge is -1.98. The van der Waals surface area contributed by atoms with Gasteiger partial charge in [-0.1, -0.05) is 26.0 Å². The molecule has 5 nitrogen and oxygen atoms in total. The van der Waals surface area contributed by atoms with Gasteiger partial charge in [0.2, 0.25) is 0 Å². The van der Waals surface area contributed by atoms with Crippen molar-refractivity contribution in [3.63, 3.8) is 0 Å². The molecule has 0 heterocycles. The lowest BCUT2D eigenvalue weighted by molar-refractivity contribution is -0.143. The first-order valence-corrected chi connectivity index (χ1v) is 6.74. The molecule has 0 fully saturated rings. The molecule has 0 atom stereocenters. The van der Waals surface area contributed by atoms with Gasteiger partial charge in [0.25, 0.3) is 0 Å². The van der Waals surface area contributed by atoms with Crippen molar-refractivity contribution in [2.24, 2.45) is 0 Å². The maximum absolute atomic E-state index is 10.3. The summed E-state index contributed by atoms with van der Waals surface area (Å²) >= 11 is 0. The van der Waals surface area contributed by atoms with Gasteiger partial charge >= 0.3 is 11.9 Å². The number of carbonyl (C=O) groups excluding carboxylic acids is 1. The van der Waals surface area contributed by atoms with Crippen LogP contribution in [0.15, 0.2) is 30.3 Å². The fourth-order valence-corrected chi connectivity index (χ4v) is 1.20. The van der Waals surface area contributed by atoms with Crippen molar-refractivity contribution < 1.29 is 24.2 Å². The second-order valence-electron chi connectivity index (χ2n) is 4.02. The molecule has 1 aromatic carbocycles. The first kappa shape index (κ1) is 18.7. The zero-order chi connectivity index (χ0) is 16.1. The maximum Gasteiger partial charge on any atom is 0.328 e. The summed E-state index contributed by atoms with van der Waals surface area (Å²) in [5.74, 6) is -0.296. The average Bonchev–Trinajstić information content (AvgIpc) is 2.51. The molecule has 1 rings (SSSR count). The number of methoxy groups -OCH3 is 1. The minimum atomic E-state index is -0.948. The van der Waals surface area contributed by atoms with E-state index in [0.717, 1.165) is 23.8 Å². The predicted molar refractivity (Wildman–Crippen MR) is 81.2 cm³/mol. The molecule has 0 aliphatic rings. The number of esters is 1. The maximum atomic E-state index is 10.3. The van der Waals surface area contributed by atoms with Gasteiger partial charge in [0.15, 0.2) is 0 Å². The molecule has 0 aliphatic carbocycles. The minimum absolute atomic E-state index is 0.105. The van der Waals surface area contributed by atoms with E-state index in [2.05, 4.69) is 0 Å². The van der Waals surface area contributed by atoms with Crippen LogP contribution in [0.3, 0.4) is 0 Å². The van der Waals surface area contributed by atoms with Crippen molar-refractivity contribution in [3.8, 4) is 5.75 Å². The van der Waals surface area contributed by atoms with Gasteiger partial charge in [-0.2, -0.15) is 0 Å². The number of rotatable bonds is 6. The van der Waals surface area contributed by atoms with Crippen molar-refractivity contribution >= 4 is 18.0 Å². The Labute approximate surface area is 125 Å². The smallest absolute Gasteiger partial charge is 0.328 e. The van der Waals surface area contributed by atoms with E-state index in [1.807, 2.05) is 6.92 Å². The van der Waals surface area contributed by atoms with Gasteiger partial charge in [-0.05, 0) is 30.2 Å². The summed E-state index contributed by atoms with van der Waals surface area (Å²) in [7, 11) is 1.59. The Balaban J connectivity index is 0.000000433. The number of carbonyl (C=O) groups is 2. The third kappa shape index (κ3) is 10.2. The van der Waals surface area contributed by atoms with Gasteiger partial charge in [0.05, 0.1) is 13.7 Å². The summed E-state index contributed by atoms with van der Waals surface area (Å²) in [4.78, 5) is 20.5. The van der Waals surface area contributed by atoms with Crippen molar-refractivity contribution in [2.75, 3.05) is 13.7 Å². The Morgan fingerprint density at radius 3 is 2.24 bits per heavy atom. The number of carboxylic acids is 1. The van der Waals surface area contributed by atoms with Gasteiger partial charge in [-0.3, -0.25) is 4.79 Å². The molecular formula is C16H22O5. The molecule has 0 saturated carbocycles. The number of aliphatic carboxylic acids is 1. The summed E-state index contributed by atoms with van der Waals surface area (Å²) in [5, 5.41) is 8.36. The third-order valence-corrected chi connectivity index (χ3v) is 2.29. The first-order chi connectivity index (χ1) is 10.0. The van der Waals surface area contributed by atoms with Crippen LogP contribution in [0.5, 0.6) is 5.75 Å². The quantitative estimate of drug-likeness (QED) is 0.644. The van der Waals surface area contributed by atoms with Crippen LogP contribution in [0.1, 0.15) is 32.3 Å². The highest BCUT2D eigenvalue weighted by Gasteiger charge is 1.93. The highest BCUT2D eigenvalue weighted by molar-refractivity contribution is 5.85. The summed E-state index contributed by atoms with van der Waals surface area (Å²) in [6.07, 6.45) is 4.02. The summed E-state index contributed by atoms with van der Waals surface area (Å²) < 4.78 is 9.66. The molecule has 0 aromatic heterocycles. The highest BCUT2D eigenvalue weighted by atomic mass is 16.5. The van der Waals surface area contributed by atoms with E-state index in [1.54, 1.807) is 38.3 Å². The minimum Gasteiger partial charge on any atom is -0.497 e. The largest absolute Gasteiger partial charge is 0.497 e. The van der Waals surface area contributed by atoms with Crippen LogP contribution in [0.4, 0.5) is 0 Å². The number of hydrogen-bond acceptors (Lipinski definition) is 4. The van der Waals surface area contributed by atoms with Crippen LogP contribution in [0.25, 0.3) is 6.08 Å². The lowest BCUT2D eigenvalue weighted by atomic mass is 10.2. The van der Waals surface area contributed by atoms with E-state index < -0.39 is 5.97 Å². The molecule has 1 N–H and O–H groups in total. The molecule has 21 heavy (non-hydrogen) atoms. The van der Waals surface area contributed by atoms with Crippen molar-refractivity contribution in [1.82, 2.24) is 0 Å². The second kappa shape index (κ2) is 11.5. The number of carboxylic acid groups (broad SMARTS) is 1. The van der Waals surface area contributed by atoms with Crippen molar-refractivity contribution in [2.45, 2.75) is 26.7 Å². The van der Waals surface area contributed by atoms with Crippen LogP contribution in [0, 0.1) is 0 Å². The van der Waals surface area contributed by atoms with E-state index >= 15 is 0 Å². The second-order valence-corrected chi connectivity index (χ2v) is 4.02. The highest BCUT2D eigenvalue weighted by Crippen LogP contribution is 2.11. The van der Waals surface area contributed by atoms with E-state index in [1.165, 1.54) is 6.08 Å². The molecule has 0 amide bonds. The number of benzene rings is 1. The van der Waals surface area contributed by atoms with Gasteiger partial charge in [0.1, 0.15) is 5.75 Å².